The third-order valence-electron chi connectivity index (χ3n) is 3.59. The van der Waals surface area contributed by atoms with Crippen molar-refractivity contribution < 1.29 is 4.74 Å². The van der Waals surface area contributed by atoms with Crippen LogP contribution in [0.3, 0.4) is 0 Å². The first-order chi connectivity index (χ1) is 10.1. The molecular weight excluding hydrogens is 282 g/mol. The molecule has 1 aromatic heterocycles. The van der Waals surface area contributed by atoms with Crippen LogP contribution in [0.1, 0.15) is 35.7 Å². The molecule has 0 bridgehead atoms. The van der Waals surface area contributed by atoms with Gasteiger partial charge < -0.3 is 9.64 Å². The van der Waals surface area contributed by atoms with Crippen LogP contribution in [0.5, 0.6) is 5.75 Å². The van der Waals surface area contributed by atoms with Crippen molar-refractivity contribution in [2.75, 3.05) is 25.1 Å². The number of hydrogen-bond donors (Lipinski definition) is 0. The van der Waals surface area contributed by atoms with Crippen LogP contribution < -0.4 is 9.64 Å². The van der Waals surface area contributed by atoms with E-state index in [0.29, 0.717) is 12.5 Å². The Morgan fingerprint density at radius 1 is 1.24 bits per heavy atom. The Balaban J connectivity index is 1.51. The van der Waals surface area contributed by atoms with Crippen LogP contribution >= 0.6 is 11.5 Å². The minimum absolute atomic E-state index is 0.620. The third kappa shape index (κ3) is 3.73. The van der Waals surface area contributed by atoms with Gasteiger partial charge in [0, 0.05) is 24.5 Å². The Kier molecular flexibility index (Phi) is 4.10. The second kappa shape index (κ2) is 6.02. The van der Waals surface area contributed by atoms with Gasteiger partial charge in [-0.2, -0.15) is 4.37 Å². The van der Waals surface area contributed by atoms with Gasteiger partial charge in [-0.05, 0) is 49.9 Å². The first kappa shape index (κ1) is 14.3. The van der Waals surface area contributed by atoms with E-state index in [0.717, 1.165) is 23.3 Å². The normalized spacial score (nSPS) is 14.2. The van der Waals surface area contributed by atoms with Crippen LogP contribution in [-0.2, 0) is 0 Å². The highest BCUT2D eigenvalue weighted by molar-refractivity contribution is 7.09. The summed E-state index contributed by atoms with van der Waals surface area (Å²) in [6.07, 6.45) is 2.49. The number of aryl methyl sites for hydroxylation is 2. The molecule has 0 radical (unpaired) electrons. The molecule has 0 aliphatic heterocycles. The molecule has 3 rings (SSSR count). The highest BCUT2D eigenvalue weighted by Crippen LogP contribution is 2.39. The standard InChI is InChI=1S/C16H21N3OS/c1-11-8-12(2)10-14(9-11)20-7-6-19(3)16-17-15(18-21-16)13-4-5-13/h8-10,13H,4-7H2,1-3H3. The summed E-state index contributed by atoms with van der Waals surface area (Å²) in [6, 6.07) is 6.30. The highest BCUT2D eigenvalue weighted by atomic mass is 32.1. The maximum absolute atomic E-state index is 5.84. The molecule has 1 aliphatic carbocycles. The van der Waals surface area contributed by atoms with E-state index in [1.54, 1.807) is 0 Å². The first-order valence-corrected chi connectivity index (χ1v) is 8.15. The van der Waals surface area contributed by atoms with E-state index >= 15 is 0 Å². The highest BCUT2D eigenvalue weighted by Gasteiger charge is 2.28. The van der Waals surface area contributed by atoms with Gasteiger partial charge in [-0.25, -0.2) is 4.98 Å². The molecule has 0 atom stereocenters. The summed E-state index contributed by atoms with van der Waals surface area (Å²) in [5.41, 5.74) is 2.47. The summed E-state index contributed by atoms with van der Waals surface area (Å²) in [4.78, 5) is 6.72. The fourth-order valence-electron chi connectivity index (χ4n) is 2.30. The SMILES string of the molecule is Cc1cc(C)cc(OCCN(C)c2nc(C3CC3)ns2)c1. The van der Waals surface area contributed by atoms with Crippen molar-refractivity contribution in [3.63, 3.8) is 0 Å². The number of ether oxygens (including phenoxy) is 1. The van der Waals surface area contributed by atoms with Crippen LogP contribution in [0, 0.1) is 13.8 Å². The average molecular weight is 303 g/mol. The van der Waals surface area contributed by atoms with Gasteiger partial charge >= 0.3 is 0 Å². The van der Waals surface area contributed by atoms with Crippen LogP contribution in [0.4, 0.5) is 5.13 Å². The molecule has 0 saturated heterocycles. The molecule has 0 spiro atoms. The van der Waals surface area contributed by atoms with Gasteiger partial charge in [0.05, 0.1) is 6.54 Å². The molecular formula is C16H21N3OS. The smallest absolute Gasteiger partial charge is 0.205 e. The number of benzene rings is 1. The van der Waals surface area contributed by atoms with E-state index in [4.69, 9.17) is 4.74 Å². The lowest BCUT2D eigenvalue weighted by molar-refractivity contribution is 0.325. The number of rotatable bonds is 6. The summed E-state index contributed by atoms with van der Waals surface area (Å²) in [5, 5.41) is 0.987. The maximum Gasteiger partial charge on any atom is 0.205 e. The summed E-state index contributed by atoms with van der Waals surface area (Å²) in [5.74, 6) is 2.59. The Morgan fingerprint density at radius 2 is 1.95 bits per heavy atom. The van der Waals surface area contributed by atoms with Crippen molar-refractivity contribution in [2.45, 2.75) is 32.6 Å². The molecule has 1 aromatic carbocycles. The lowest BCUT2D eigenvalue weighted by Gasteiger charge is -2.16. The van der Waals surface area contributed by atoms with Crippen molar-refractivity contribution >= 4 is 16.7 Å². The quantitative estimate of drug-likeness (QED) is 0.818. The molecule has 0 amide bonds. The van der Waals surface area contributed by atoms with Crippen molar-refractivity contribution in [2.24, 2.45) is 0 Å². The van der Waals surface area contributed by atoms with E-state index in [9.17, 15) is 0 Å². The van der Waals surface area contributed by atoms with Crippen LogP contribution in [0.2, 0.25) is 0 Å². The fourth-order valence-corrected chi connectivity index (χ4v) is 3.03. The van der Waals surface area contributed by atoms with E-state index < -0.39 is 0 Å². The van der Waals surface area contributed by atoms with Crippen molar-refractivity contribution in [3.05, 3.63) is 35.2 Å². The van der Waals surface area contributed by atoms with Gasteiger partial charge in [0.15, 0.2) is 0 Å². The van der Waals surface area contributed by atoms with Crippen LogP contribution in [-0.4, -0.2) is 29.6 Å². The van der Waals surface area contributed by atoms with E-state index in [1.165, 1.54) is 35.5 Å². The topological polar surface area (TPSA) is 38.2 Å². The number of anilines is 1. The monoisotopic (exact) mass is 303 g/mol. The molecule has 1 saturated carbocycles. The van der Waals surface area contributed by atoms with Crippen LogP contribution in [0.25, 0.3) is 0 Å². The summed E-state index contributed by atoms with van der Waals surface area (Å²) in [7, 11) is 2.04. The van der Waals surface area contributed by atoms with E-state index in [-0.39, 0.29) is 0 Å². The lowest BCUT2D eigenvalue weighted by atomic mass is 10.1. The van der Waals surface area contributed by atoms with Crippen molar-refractivity contribution in [1.82, 2.24) is 9.36 Å². The lowest BCUT2D eigenvalue weighted by Crippen LogP contribution is -2.23. The summed E-state index contributed by atoms with van der Waals surface area (Å²) in [6.45, 7) is 5.64. The molecule has 21 heavy (non-hydrogen) atoms. The molecule has 1 heterocycles. The molecule has 5 heteroatoms. The Hall–Kier alpha value is -1.62. The van der Waals surface area contributed by atoms with E-state index in [2.05, 4.69) is 46.3 Å². The number of aromatic nitrogens is 2. The zero-order chi connectivity index (χ0) is 14.8. The summed E-state index contributed by atoms with van der Waals surface area (Å²) < 4.78 is 10.3. The maximum atomic E-state index is 5.84. The Morgan fingerprint density at radius 3 is 2.62 bits per heavy atom. The largest absolute Gasteiger partial charge is 0.492 e. The number of likely N-dealkylation sites (N-methyl/N-ethyl adjacent to an activating group) is 1. The second-order valence-electron chi connectivity index (χ2n) is 5.80. The summed E-state index contributed by atoms with van der Waals surface area (Å²) >= 11 is 1.49. The molecule has 0 N–H and O–H groups in total. The zero-order valence-corrected chi connectivity index (χ0v) is 13.6. The van der Waals surface area contributed by atoms with Gasteiger partial charge in [-0.15, -0.1) is 0 Å². The molecule has 0 unspecified atom stereocenters. The average Bonchev–Trinajstić information content (AvgIpc) is 3.15. The molecule has 1 fully saturated rings. The minimum atomic E-state index is 0.620. The predicted molar refractivity (Wildman–Crippen MR) is 86.6 cm³/mol. The van der Waals surface area contributed by atoms with Gasteiger partial charge in [0.25, 0.3) is 0 Å². The molecule has 4 nitrogen and oxygen atoms in total. The molecule has 112 valence electrons. The zero-order valence-electron chi connectivity index (χ0n) is 12.8. The Bertz CT molecular complexity index is 601. The molecule has 2 aromatic rings. The van der Waals surface area contributed by atoms with Crippen molar-refractivity contribution in [1.29, 1.82) is 0 Å². The second-order valence-corrected chi connectivity index (χ2v) is 6.53. The number of hydrogen-bond acceptors (Lipinski definition) is 5. The number of nitrogens with zero attached hydrogens (tertiary/aromatic N) is 3. The first-order valence-electron chi connectivity index (χ1n) is 7.37. The van der Waals surface area contributed by atoms with Crippen molar-refractivity contribution in [3.8, 4) is 5.75 Å². The van der Waals surface area contributed by atoms with E-state index in [1.807, 2.05) is 7.05 Å². The Labute approximate surface area is 129 Å². The third-order valence-corrected chi connectivity index (χ3v) is 4.44. The molecule has 1 aliphatic rings. The van der Waals surface area contributed by atoms with Crippen LogP contribution in [0.15, 0.2) is 18.2 Å². The van der Waals surface area contributed by atoms with Gasteiger partial charge in [-0.3, -0.25) is 0 Å². The minimum Gasteiger partial charge on any atom is -0.492 e. The predicted octanol–water partition coefficient (Wildman–Crippen LogP) is 3.55. The van der Waals surface area contributed by atoms with Gasteiger partial charge in [0.2, 0.25) is 5.13 Å². The van der Waals surface area contributed by atoms with Gasteiger partial charge in [-0.1, -0.05) is 6.07 Å². The fraction of sp³-hybridized carbons (Fsp3) is 0.500. The van der Waals surface area contributed by atoms with Gasteiger partial charge in [0.1, 0.15) is 18.2 Å².